The van der Waals surface area contributed by atoms with E-state index in [4.69, 9.17) is 9.47 Å². The molecule has 1 aliphatic carbocycles. The van der Waals surface area contributed by atoms with Crippen LogP contribution in [0.3, 0.4) is 0 Å². The van der Waals surface area contributed by atoms with Crippen molar-refractivity contribution in [1.82, 2.24) is 14.7 Å². The van der Waals surface area contributed by atoms with Crippen LogP contribution in [-0.4, -0.2) is 55.3 Å². The number of phenolic OH excluding ortho intramolecular Hbond substituents is 1. The lowest BCUT2D eigenvalue weighted by molar-refractivity contribution is -0.0366. The average molecular weight is 540 g/mol. The summed E-state index contributed by atoms with van der Waals surface area (Å²) in [6, 6.07) is 6.61. The standard InChI is InChI=1S/C30H38FN3O5/c1-5-18-13-26(35)24(31)16-22(18)19-12-25-23(17-32-34(25)28-8-6-7-11-38-28)27(14-19)39-21-10-9-20(15-21)33(29(36)37)30(2,3)4/h12-14,16-17,20-21,28,35H,5-11,15H2,1-4H3,(H,36,37)/t20-,21-,28?/m0/s1. The van der Waals surface area contributed by atoms with Gasteiger partial charge in [0.05, 0.1) is 17.1 Å². The lowest BCUT2D eigenvalue weighted by Gasteiger charge is -2.38. The topological polar surface area (TPSA) is 97.0 Å². The van der Waals surface area contributed by atoms with E-state index in [1.165, 1.54) is 17.0 Å². The van der Waals surface area contributed by atoms with Gasteiger partial charge in [-0.3, -0.25) is 0 Å². The molecule has 1 unspecified atom stereocenters. The number of aromatic hydroxyl groups is 1. The molecule has 39 heavy (non-hydrogen) atoms. The number of amides is 1. The second-order valence-electron chi connectivity index (χ2n) is 11.7. The Labute approximate surface area is 228 Å². The molecule has 3 atom stereocenters. The van der Waals surface area contributed by atoms with Gasteiger partial charge < -0.3 is 24.6 Å². The highest BCUT2D eigenvalue weighted by Crippen LogP contribution is 2.40. The molecule has 5 rings (SSSR count). The van der Waals surface area contributed by atoms with Gasteiger partial charge in [0.1, 0.15) is 11.9 Å². The number of hydrogen-bond donors (Lipinski definition) is 2. The van der Waals surface area contributed by atoms with Crippen LogP contribution in [0.25, 0.3) is 22.0 Å². The van der Waals surface area contributed by atoms with Crippen LogP contribution in [0.4, 0.5) is 9.18 Å². The largest absolute Gasteiger partial charge is 0.505 e. The number of fused-ring (bicyclic) bond motifs is 1. The average Bonchev–Trinajstić information content (AvgIpc) is 3.52. The molecule has 2 N–H and O–H groups in total. The number of hydrogen-bond acceptors (Lipinski definition) is 5. The first kappa shape index (κ1) is 27.2. The number of benzene rings is 2. The molecule has 1 aromatic heterocycles. The molecular weight excluding hydrogens is 501 g/mol. The zero-order valence-corrected chi connectivity index (χ0v) is 23.1. The van der Waals surface area contributed by atoms with Crippen molar-refractivity contribution in [2.45, 2.75) is 96.6 Å². The highest BCUT2D eigenvalue weighted by molar-refractivity contribution is 5.91. The molecule has 8 nitrogen and oxygen atoms in total. The second kappa shape index (κ2) is 10.7. The van der Waals surface area contributed by atoms with E-state index in [1.807, 2.05) is 44.5 Å². The van der Waals surface area contributed by atoms with Crippen LogP contribution in [0.15, 0.2) is 30.5 Å². The monoisotopic (exact) mass is 539 g/mol. The molecule has 0 radical (unpaired) electrons. The van der Waals surface area contributed by atoms with Gasteiger partial charge in [-0.15, -0.1) is 0 Å². The van der Waals surface area contributed by atoms with Crippen molar-refractivity contribution in [2.75, 3.05) is 6.61 Å². The molecule has 1 aliphatic heterocycles. The van der Waals surface area contributed by atoms with Gasteiger partial charge in [-0.1, -0.05) is 6.92 Å². The minimum absolute atomic E-state index is 0.137. The Bertz CT molecular complexity index is 1360. The van der Waals surface area contributed by atoms with Crippen molar-refractivity contribution in [3.63, 3.8) is 0 Å². The molecule has 3 aromatic rings. The third-order valence-electron chi connectivity index (χ3n) is 7.92. The van der Waals surface area contributed by atoms with Crippen molar-refractivity contribution < 1.29 is 28.9 Å². The van der Waals surface area contributed by atoms with E-state index < -0.39 is 17.4 Å². The molecule has 1 saturated heterocycles. The highest BCUT2D eigenvalue weighted by atomic mass is 19.1. The first-order chi connectivity index (χ1) is 18.6. The Balaban J connectivity index is 1.55. The van der Waals surface area contributed by atoms with Crippen LogP contribution in [-0.2, 0) is 11.2 Å². The number of carbonyl (C=O) groups is 1. The second-order valence-corrected chi connectivity index (χ2v) is 11.7. The van der Waals surface area contributed by atoms with Crippen molar-refractivity contribution in [2.24, 2.45) is 0 Å². The maximum atomic E-state index is 14.5. The first-order valence-electron chi connectivity index (χ1n) is 13.9. The van der Waals surface area contributed by atoms with E-state index in [0.29, 0.717) is 30.8 Å². The fourth-order valence-corrected chi connectivity index (χ4v) is 6.11. The van der Waals surface area contributed by atoms with E-state index in [0.717, 1.165) is 54.1 Å². The number of phenols is 1. The number of halogens is 1. The predicted molar refractivity (Wildman–Crippen MR) is 147 cm³/mol. The van der Waals surface area contributed by atoms with Gasteiger partial charge in [0, 0.05) is 24.6 Å². The van der Waals surface area contributed by atoms with Crippen LogP contribution in [0, 0.1) is 5.82 Å². The highest BCUT2D eigenvalue weighted by Gasteiger charge is 2.39. The summed E-state index contributed by atoms with van der Waals surface area (Å²) in [5.41, 5.74) is 2.59. The van der Waals surface area contributed by atoms with E-state index in [-0.39, 0.29) is 24.1 Å². The summed E-state index contributed by atoms with van der Waals surface area (Å²) in [5.74, 6) is -0.417. The Morgan fingerprint density at radius 2 is 2.00 bits per heavy atom. The number of aromatic nitrogens is 2. The van der Waals surface area contributed by atoms with E-state index in [9.17, 15) is 19.4 Å². The van der Waals surface area contributed by atoms with Crippen molar-refractivity contribution >= 4 is 17.0 Å². The van der Waals surface area contributed by atoms with Crippen molar-refractivity contribution in [3.8, 4) is 22.6 Å². The van der Waals surface area contributed by atoms with Gasteiger partial charge in [-0.2, -0.15) is 5.10 Å². The number of rotatable bonds is 6. The number of carboxylic acid groups (broad SMARTS) is 1. The molecule has 2 heterocycles. The van der Waals surface area contributed by atoms with Crippen LogP contribution in [0.1, 0.15) is 78.0 Å². The summed E-state index contributed by atoms with van der Waals surface area (Å²) in [6.45, 7) is 8.37. The minimum atomic E-state index is -0.923. The van der Waals surface area contributed by atoms with Gasteiger partial charge in [0.15, 0.2) is 17.8 Å². The molecule has 210 valence electrons. The van der Waals surface area contributed by atoms with Crippen molar-refractivity contribution in [1.29, 1.82) is 0 Å². The zero-order valence-electron chi connectivity index (χ0n) is 23.1. The fraction of sp³-hybridized carbons (Fsp3) is 0.533. The van der Waals surface area contributed by atoms with Crippen LogP contribution in [0.2, 0.25) is 0 Å². The van der Waals surface area contributed by atoms with Gasteiger partial charge >= 0.3 is 6.09 Å². The maximum absolute atomic E-state index is 14.5. The molecular formula is C30H38FN3O5. The quantitative estimate of drug-likeness (QED) is 0.354. The molecule has 1 amide bonds. The predicted octanol–water partition coefficient (Wildman–Crippen LogP) is 6.89. The molecule has 2 aliphatic rings. The lowest BCUT2D eigenvalue weighted by atomic mass is 9.96. The van der Waals surface area contributed by atoms with Crippen LogP contribution in [0.5, 0.6) is 11.5 Å². The number of aryl methyl sites for hydroxylation is 1. The molecule has 2 aromatic carbocycles. The Kier molecular flexibility index (Phi) is 7.46. The molecule has 0 spiro atoms. The third kappa shape index (κ3) is 5.41. The number of nitrogens with zero attached hydrogens (tertiary/aromatic N) is 3. The maximum Gasteiger partial charge on any atom is 0.407 e. The summed E-state index contributed by atoms with van der Waals surface area (Å²) < 4.78 is 29.1. The van der Waals surface area contributed by atoms with Gasteiger partial charge in [0.25, 0.3) is 0 Å². The minimum Gasteiger partial charge on any atom is -0.505 e. The molecule has 1 saturated carbocycles. The van der Waals surface area contributed by atoms with Gasteiger partial charge in [0.2, 0.25) is 0 Å². The lowest BCUT2D eigenvalue weighted by Crippen LogP contribution is -2.50. The zero-order chi connectivity index (χ0) is 27.9. The van der Waals surface area contributed by atoms with Crippen molar-refractivity contribution in [3.05, 3.63) is 41.8 Å². The fourth-order valence-electron chi connectivity index (χ4n) is 6.11. The Morgan fingerprint density at radius 1 is 1.21 bits per heavy atom. The van der Waals surface area contributed by atoms with Gasteiger partial charge in [-0.25, -0.2) is 13.9 Å². The van der Waals surface area contributed by atoms with E-state index in [1.54, 1.807) is 6.20 Å². The summed E-state index contributed by atoms with van der Waals surface area (Å²) in [5, 5.41) is 25.4. The van der Waals surface area contributed by atoms with Gasteiger partial charge in [-0.05, 0) is 100 Å². The molecule has 0 bridgehead atoms. The SMILES string of the molecule is CCc1cc(O)c(F)cc1-c1cc(O[C@H]2CC[C@H](N(C(=O)O)C(C)(C)C)C2)c2cnn(C3CCCCO3)c2c1. The van der Waals surface area contributed by atoms with E-state index in [2.05, 4.69) is 5.10 Å². The summed E-state index contributed by atoms with van der Waals surface area (Å²) in [6.07, 6.45) is 6.08. The van der Waals surface area contributed by atoms with Crippen LogP contribution >= 0.6 is 0 Å². The Hall–Kier alpha value is -3.33. The summed E-state index contributed by atoms with van der Waals surface area (Å²) in [4.78, 5) is 13.6. The molecule has 2 fully saturated rings. The summed E-state index contributed by atoms with van der Waals surface area (Å²) >= 11 is 0. The normalized spacial score (nSPS) is 21.8. The number of ether oxygens (including phenoxy) is 2. The smallest absolute Gasteiger partial charge is 0.407 e. The first-order valence-corrected chi connectivity index (χ1v) is 13.9. The Morgan fingerprint density at radius 3 is 2.67 bits per heavy atom. The van der Waals surface area contributed by atoms with Crippen LogP contribution < -0.4 is 4.74 Å². The summed E-state index contributed by atoms with van der Waals surface area (Å²) in [7, 11) is 0. The van der Waals surface area contributed by atoms with E-state index >= 15 is 0 Å². The molecule has 9 heteroatoms. The third-order valence-corrected chi connectivity index (χ3v) is 7.92.